The third-order valence-corrected chi connectivity index (χ3v) is 9.76. The van der Waals surface area contributed by atoms with Crippen molar-refractivity contribution in [2.75, 3.05) is 32.5 Å². The number of morpholine rings is 1. The zero-order valence-electron chi connectivity index (χ0n) is 26.3. The summed E-state index contributed by atoms with van der Waals surface area (Å²) in [6.07, 6.45) is -2.07. The van der Waals surface area contributed by atoms with Crippen LogP contribution in [-0.2, 0) is 24.1 Å². The van der Waals surface area contributed by atoms with Crippen LogP contribution >= 0.6 is 0 Å². The lowest BCUT2D eigenvalue weighted by Crippen LogP contribution is -2.51. The predicted octanol–water partition coefficient (Wildman–Crippen LogP) is 3.96. The van der Waals surface area contributed by atoms with Crippen molar-refractivity contribution in [1.82, 2.24) is 15.5 Å². The SMILES string of the molecule is COC(=O)N[C@H](C(=O)NCCCCC1CN(C(=O)O)C[C@@H](CS(=O)(=O)c2ccc([N+](=O)[O-])cc2)O1)C(c1ccccc1)c1ccccc1. The van der Waals surface area contributed by atoms with Gasteiger partial charge in [-0.3, -0.25) is 14.9 Å². The van der Waals surface area contributed by atoms with Crippen LogP contribution in [0.3, 0.4) is 0 Å². The van der Waals surface area contributed by atoms with E-state index in [9.17, 15) is 38.0 Å². The van der Waals surface area contributed by atoms with E-state index >= 15 is 0 Å². The number of carboxylic acid groups (broad SMARTS) is 1. The molecule has 14 nitrogen and oxygen atoms in total. The van der Waals surface area contributed by atoms with Crippen LogP contribution in [0.1, 0.15) is 36.3 Å². The number of hydrogen-bond donors (Lipinski definition) is 3. The minimum Gasteiger partial charge on any atom is -0.465 e. The van der Waals surface area contributed by atoms with E-state index in [0.717, 1.165) is 40.3 Å². The number of ether oxygens (including phenoxy) is 2. The van der Waals surface area contributed by atoms with E-state index in [1.54, 1.807) is 0 Å². The number of carbonyl (C=O) groups excluding carboxylic acids is 2. The highest BCUT2D eigenvalue weighted by atomic mass is 32.2. The molecule has 1 heterocycles. The van der Waals surface area contributed by atoms with Gasteiger partial charge in [-0.25, -0.2) is 18.0 Å². The summed E-state index contributed by atoms with van der Waals surface area (Å²) in [7, 11) is -2.71. The maximum Gasteiger partial charge on any atom is 0.407 e. The van der Waals surface area contributed by atoms with Gasteiger partial charge in [-0.15, -0.1) is 0 Å². The molecule has 3 N–H and O–H groups in total. The molecular formula is C33H38N4O10S. The second-order valence-corrected chi connectivity index (χ2v) is 13.3. The van der Waals surface area contributed by atoms with Crippen molar-refractivity contribution < 1.29 is 42.3 Å². The third kappa shape index (κ3) is 9.75. The number of non-ortho nitro benzene ring substituents is 1. The van der Waals surface area contributed by atoms with Gasteiger partial charge in [0.05, 0.1) is 48.0 Å². The summed E-state index contributed by atoms with van der Waals surface area (Å²) in [4.78, 5) is 49.0. The molecule has 1 aliphatic heterocycles. The van der Waals surface area contributed by atoms with Gasteiger partial charge in [-0.2, -0.15) is 0 Å². The lowest BCUT2D eigenvalue weighted by Gasteiger charge is -2.36. The molecule has 3 aromatic carbocycles. The molecule has 3 atom stereocenters. The van der Waals surface area contributed by atoms with Crippen molar-refractivity contribution in [3.8, 4) is 0 Å². The number of nitrogens with one attached hydrogen (secondary N) is 2. The Labute approximate surface area is 278 Å². The molecule has 15 heteroatoms. The largest absolute Gasteiger partial charge is 0.465 e. The molecule has 0 aromatic heterocycles. The van der Waals surface area contributed by atoms with E-state index in [0.29, 0.717) is 19.3 Å². The number of nitrogens with zero attached hydrogens (tertiary/aromatic N) is 2. The zero-order valence-corrected chi connectivity index (χ0v) is 27.1. The second kappa shape index (κ2) is 16.7. The zero-order chi connectivity index (χ0) is 34.7. The molecule has 0 spiro atoms. The summed E-state index contributed by atoms with van der Waals surface area (Å²) in [5, 5.41) is 26.1. The minimum atomic E-state index is -3.93. The first-order valence-electron chi connectivity index (χ1n) is 15.3. The van der Waals surface area contributed by atoms with Crippen molar-refractivity contribution in [3.63, 3.8) is 0 Å². The van der Waals surface area contributed by atoms with E-state index in [-0.39, 0.29) is 30.2 Å². The number of nitro benzene ring substituents is 1. The lowest BCUT2D eigenvalue weighted by molar-refractivity contribution is -0.384. The molecule has 1 unspecified atom stereocenters. The smallest absolute Gasteiger partial charge is 0.407 e. The highest BCUT2D eigenvalue weighted by Crippen LogP contribution is 2.29. The summed E-state index contributed by atoms with van der Waals surface area (Å²) in [5.41, 5.74) is 1.39. The van der Waals surface area contributed by atoms with Crippen molar-refractivity contribution in [2.24, 2.45) is 0 Å². The topological polar surface area (TPSA) is 194 Å². The average Bonchev–Trinajstić information content (AvgIpc) is 3.08. The molecule has 3 aromatic rings. The van der Waals surface area contributed by atoms with Crippen LogP contribution in [0.4, 0.5) is 15.3 Å². The van der Waals surface area contributed by atoms with Gasteiger partial charge in [-0.1, -0.05) is 60.7 Å². The molecule has 4 rings (SSSR count). The number of amides is 3. The molecule has 3 amide bonds. The number of benzene rings is 3. The Kier molecular flexibility index (Phi) is 12.5. The first-order valence-corrected chi connectivity index (χ1v) is 17.0. The summed E-state index contributed by atoms with van der Waals surface area (Å²) >= 11 is 0. The number of unbranched alkanes of at least 4 members (excludes halogenated alkanes) is 1. The number of carbonyl (C=O) groups is 3. The van der Waals surface area contributed by atoms with Gasteiger partial charge in [-0.05, 0) is 42.5 Å². The standard InChI is InChI=1S/C33H38N4O10S/c1-46-32(39)35-30(29(23-10-4-2-5-11-23)24-12-6-3-7-13-24)31(38)34-19-9-8-14-26-20-36(33(40)41)21-27(47-26)22-48(44,45)28-17-15-25(16-18-28)37(42)43/h2-7,10-13,15-18,26-27,29-30H,8-9,14,19-22H2,1H3,(H,34,38)(H,35,39)(H,40,41)/t26?,27-,30-/m0/s1. The fraction of sp³-hybridized carbons (Fsp3) is 0.364. The fourth-order valence-corrected chi connectivity index (χ4v) is 7.07. The maximum absolute atomic E-state index is 13.5. The van der Waals surface area contributed by atoms with Crippen molar-refractivity contribution >= 4 is 33.6 Å². The summed E-state index contributed by atoms with van der Waals surface area (Å²) < 4.78 is 36.8. The minimum absolute atomic E-state index is 0.0523. The molecule has 0 bridgehead atoms. The molecule has 0 saturated carbocycles. The first-order chi connectivity index (χ1) is 23.0. The molecule has 0 radical (unpaired) electrons. The number of methoxy groups -OCH3 is 1. The van der Waals surface area contributed by atoms with Gasteiger partial charge in [0.15, 0.2) is 9.84 Å². The molecule has 1 fully saturated rings. The van der Waals surface area contributed by atoms with E-state index in [1.807, 2.05) is 60.7 Å². The number of alkyl carbamates (subject to hydrolysis) is 1. The Bertz CT molecular complexity index is 1620. The van der Waals surface area contributed by atoms with Gasteiger partial charge < -0.3 is 30.1 Å². The van der Waals surface area contributed by atoms with Gasteiger partial charge in [0.25, 0.3) is 5.69 Å². The van der Waals surface area contributed by atoms with Gasteiger partial charge >= 0.3 is 12.2 Å². The van der Waals surface area contributed by atoms with Crippen LogP contribution in [0.5, 0.6) is 0 Å². The Morgan fingerprint density at radius 3 is 2.08 bits per heavy atom. The summed E-state index contributed by atoms with van der Waals surface area (Å²) in [6, 6.07) is 22.1. The Morgan fingerprint density at radius 1 is 0.958 bits per heavy atom. The monoisotopic (exact) mass is 682 g/mol. The van der Waals surface area contributed by atoms with E-state index in [4.69, 9.17) is 9.47 Å². The van der Waals surface area contributed by atoms with Gasteiger partial charge in [0.2, 0.25) is 5.91 Å². The van der Waals surface area contributed by atoms with Crippen LogP contribution in [0.25, 0.3) is 0 Å². The molecule has 1 aliphatic rings. The highest BCUT2D eigenvalue weighted by Gasteiger charge is 2.35. The molecular weight excluding hydrogens is 644 g/mol. The molecule has 0 aliphatic carbocycles. The van der Waals surface area contributed by atoms with Crippen molar-refractivity contribution in [3.05, 3.63) is 106 Å². The second-order valence-electron chi connectivity index (χ2n) is 11.3. The van der Waals surface area contributed by atoms with Crippen LogP contribution in [0, 0.1) is 10.1 Å². The molecule has 1 saturated heterocycles. The van der Waals surface area contributed by atoms with Crippen LogP contribution in [-0.4, -0.2) is 92.2 Å². The number of sulfone groups is 1. The number of hydrogen-bond acceptors (Lipinski definition) is 9. The Balaban J connectivity index is 1.36. The Morgan fingerprint density at radius 2 is 1.54 bits per heavy atom. The van der Waals surface area contributed by atoms with E-state index < -0.39 is 62.8 Å². The van der Waals surface area contributed by atoms with Crippen molar-refractivity contribution in [1.29, 1.82) is 0 Å². The maximum atomic E-state index is 13.5. The van der Waals surface area contributed by atoms with Crippen LogP contribution < -0.4 is 10.6 Å². The quantitative estimate of drug-likeness (QED) is 0.127. The highest BCUT2D eigenvalue weighted by molar-refractivity contribution is 7.91. The van der Waals surface area contributed by atoms with E-state index in [1.165, 1.54) is 7.11 Å². The van der Waals surface area contributed by atoms with Gasteiger partial charge in [0, 0.05) is 24.6 Å². The summed E-state index contributed by atoms with van der Waals surface area (Å²) in [5.74, 6) is -1.43. The predicted molar refractivity (Wildman–Crippen MR) is 174 cm³/mol. The average molecular weight is 683 g/mol. The lowest BCUT2D eigenvalue weighted by atomic mass is 9.84. The summed E-state index contributed by atoms with van der Waals surface area (Å²) in [6.45, 7) is 0.158. The molecule has 256 valence electrons. The molecule has 48 heavy (non-hydrogen) atoms. The fourth-order valence-electron chi connectivity index (χ4n) is 5.65. The third-order valence-electron chi connectivity index (χ3n) is 7.96. The number of nitro groups is 1. The first kappa shape index (κ1) is 35.8. The van der Waals surface area contributed by atoms with Crippen LogP contribution in [0.15, 0.2) is 89.8 Å². The number of rotatable bonds is 14. The van der Waals surface area contributed by atoms with Crippen molar-refractivity contribution in [2.45, 2.75) is 48.3 Å². The normalized spacial score (nSPS) is 16.9. The Hall–Kier alpha value is -5.02. The van der Waals surface area contributed by atoms with Crippen LogP contribution in [0.2, 0.25) is 0 Å². The van der Waals surface area contributed by atoms with Gasteiger partial charge in [0.1, 0.15) is 6.04 Å². The van der Waals surface area contributed by atoms with E-state index in [2.05, 4.69) is 10.6 Å².